The van der Waals surface area contributed by atoms with E-state index in [9.17, 15) is 8.78 Å². The highest BCUT2D eigenvalue weighted by Gasteiger charge is 2.19. The molecule has 2 nitrogen and oxygen atoms in total. The fourth-order valence-electron chi connectivity index (χ4n) is 1.70. The first-order chi connectivity index (χ1) is 8.63. The highest BCUT2D eigenvalue weighted by Crippen LogP contribution is 2.26. The van der Waals surface area contributed by atoms with Gasteiger partial charge in [-0.1, -0.05) is 45.7 Å². The minimum atomic E-state index is -2.55. The second kappa shape index (κ2) is 5.80. The smallest absolute Gasteiger partial charge is 0.259 e. The standard InChI is InChI=1S/C12H10BrClF2N2/c13-5-9-6-17-18(11(9)12(15)16)7-8-3-1-2-4-10(8)14/h1-4,6,12H,5,7H2. The average molecular weight is 336 g/mol. The predicted molar refractivity (Wildman–Crippen MR) is 70.4 cm³/mol. The maximum absolute atomic E-state index is 13.0. The van der Waals surface area contributed by atoms with Gasteiger partial charge >= 0.3 is 0 Å². The number of rotatable bonds is 4. The van der Waals surface area contributed by atoms with Crippen molar-refractivity contribution in [1.82, 2.24) is 9.78 Å². The highest BCUT2D eigenvalue weighted by atomic mass is 79.9. The molecule has 18 heavy (non-hydrogen) atoms. The molecule has 0 fully saturated rings. The summed E-state index contributed by atoms with van der Waals surface area (Å²) in [6, 6.07) is 7.14. The summed E-state index contributed by atoms with van der Waals surface area (Å²) in [5.41, 5.74) is 1.20. The molecule has 1 heterocycles. The van der Waals surface area contributed by atoms with Crippen molar-refractivity contribution in [2.75, 3.05) is 0 Å². The van der Waals surface area contributed by atoms with Crippen LogP contribution in [0.2, 0.25) is 5.02 Å². The lowest BCUT2D eigenvalue weighted by molar-refractivity contribution is 0.139. The third kappa shape index (κ3) is 2.72. The van der Waals surface area contributed by atoms with Crippen LogP contribution >= 0.6 is 27.5 Å². The van der Waals surface area contributed by atoms with Crippen LogP contribution in [0, 0.1) is 0 Å². The van der Waals surface area contributed by atoms with E-state index in [1.165, 1.54) is 10.9 Å². The van der Waals surface area contributed by atoms with Gasteiger partial charge in [-0.15, -0.1) is 0 Å². The SMILES string of the molecule is FC(F)c1c(CBr)cnn1Cc1ccccc1Cl. The van der Waals surface area contributed by atoms with Crippen LogP contribution < -0.4 is 0 Å². The number of halogens is 4. The van der Waals surface area contributed by atoms with Crippen LogP contribution in [0.15, 0.2) is 30.5 Å². The van der Waals surface area contributed by atoms with Crippen molar-refractivity contribution in [1.29, 1.82) is 0 Å². The maximum Gasteiger partial charge on any atom is 0.280 e. The Labute approximate surface area is 117 Å². The van der Waals surface area contributed by atoms with E-state index < -0.39 is 6.43 Å². The molecule has 2 rings (SSSR count). The maximum atomic E-state index is 13.0. The Kier molecular flexibility index (Phi) is 4.35. The van der Waals surface area contributed by atoms with Gasteiger partial charge in [-0.3, -0.25) is 4.68 Å². The van der Waals surface area contributed by atoms with Crippen molar-refractivity contribution in [2.45, 2.75) is 18.3 Å². The van der Waals surface area contributed by atoms with E-state index >= 15 is 0 Å². The summed E-state index contributed by atoms with van der Waals surface area (Å²) in [5, 5.41) is 4.90. The second-order valence-corrected chi connectivity index (χ2v) is 4.71. The molecular formula is C12H10BrClF2N2. The Morgan fingerprint density at radius 2 is 2.00 bits per heavy atom. The number of hydrogen-bond donors (Lipinski definition) is 0. The molecule has 0 aliphatic carbocycles. The third-order valence-corrected chi connectivity index (χ3v) is 3.56. The molecule has 1 aromatic heterocycles. The lowest BCUT2D eigenvalue weighted by Gasteiger charge is -2.09. The van der Waals surface area contributed by atoms with E-state index in [0.29, 0.717) is 15.9 Å². The lowest BCUT2D eigenvalue weighted by Crippen LogP contribution is -2.08. The second-order valence-electron chi connectivity index (χ2n) is 3.74. The molecule has 1 aromatic carbocycles. The molecule has 6 heteroatoms. The van der Waals surface area contributed by atoms with Crippen LogP contribution in [0.25, 0.3) is 0 Å². The van der Waals surface area contributed by atoms with Crippen LogP contribution in [-0.4, -0.2) is 9.78 Å². The third-order valence-electron chi connectivity index (χ3n) is 2.59. The fourth-order valence-corrected chi connectivity index (χ4v) is 2.33. The van der Waals surface area contributed by atoms with E-state index in [0.717, 1.165) is 5.56 Å². The molecule has 0 amide bonds. The summed E-state index contributed by atoms with van der Waals surface area (Å²) in [6.45, 7) is 0.242. The Morgan fingerprint density at radius 1 is 1.28 bits per heavy atom. The molecular weight excluding hydrogens is 325 g/mol. The number of alkyl halides is 3. The summed E-state index contributed by atoms with van der Waals surface area (Å²) < 4.78 is 27.3. The van der Waals surface area contributed by atoms with Crippen molar-refractivity contribution in [3.8, 4) is 0 Å². The van der Waals surface area contributed by atoms with Gasteiger partial charge in [0.2, 0.25) is 0 Å². The largest absolute Gasteiger partial charge is 0.280 e. The molecule has 0 saturated heterocycles. The number of nitrogens with zero attached hydrogens (tertiary/aromatic N) is 2. The van der Waals surface area contributed by atoms with Gasteiger partial charge in [0.1, 0.15) is 5.69 Å². The van der Waals surface area contributed by atoms with Gasteiger partial charge in [0.25, 0.3) is 6.43 Å². The minimum Gasteiger partial charge on any atom is -0.259 e. The van der Waals surface area contributed by atoms with Crippen molar-refractivity contribution in [3.05, 3.63) is 52.3 Å². The topological polar surface area (TPSA) is 17.8 Å². The molecule has 0 saturated carbocycles. The zero-order valence-electron chi connectivity index (χ0n) is 9.28. The molecule has 0 unspecified atom stereocenters. The number of aromatic nitrogens is 2. The summed E-state index contributed by atoms with van der Waals surface area (Å²) in [6.07, 6.45) is -1.10. The molecule has 0 radical (unpaired) electrons. The van der Waals surface area contributed by atoms with Gasteiger partial charge < -0.3 is 0 Å². The normalized spacial score (nSPS) is 11.2. The molecule has 0 atom stereocenters. The Bertz CT molecular complexity index is 543. The quantitative estimate of drug-likeness (QED) is 0.756. The summed E-state index contributed by atoms with van der Waals surface area (Å²) in [5.74, 6) is 0. The van der Waals surface area contributed by atoms with Gasteiger partial charge in [0.05, 0.1) is 12.7 Å². The first-order valence-corrected chi connectivity index (χ1v) is 6.75. The minimum absolute atomic E-state index is 0.0632. The zero-order valence-corrected chi connectivity index (χ0v) is 11.6. The molecule has 0 bridgehead atoms. The predicted octanol–water partition coefficient (Wildman–Crippen LogP) is 4.42. The van der Waals surface area contributed by atoms with E-state index in [4.69, 9.17) is 11.6 Å². The summed E-state index contributed by atoms with van der Waals surface area (Å²) in [4.78, 5) is 0. The first-order valence-electron chi connectivity index (χ1n) is 5.25. The van der Waals surface area contributed by atoms with Crippen molar-refractivity contribution < 1.29 is 8.78 Å². The van der Waals surface area contributed by atoms with Crippen LogP contribution in [0.4, 0.5) is 8.78 Å². The first kappa shape index (κ1) is 13.5. The molecule has 2 aromatic rings. The van der Waals surface area contributed by atoms with Gasteiger partial charge in [-0.2, -0.15) is 5.10 Å². The van der Waals surface area contributed by atoms with Crippen molar-refractivity contribution in [2.24, 2.45) is 0 Å². The van der Waals surface area contributed by atoms with E-state index in [1.54, 1.807) is 18.2 Å². The van der Waals surface area contributed by atoms with Crippen LogP contribution in [0.3, 0.4) is 0 Å². The van der Waals surface area contributed by atoms with Crippen molar-refractivity contribution >= 4 is 27.5 Å². The van der Waals surface area contributed by atoms with E-state index in [-0.39, 0.29) is 12.2 Å². The van der Waals surface area contributed by atoms with Gasteiger partial charge in [0.15, 0.2) is 0 Å². The highest BCUT2D eigenvalue weighted by molar-refractivity contribution is 9.08. The van der Waals surface area contributed by atoms with Gasteiger partial charge in [0, 0.05) is 15.9 Å². The summed E-state index contributed by atoms with van der Waals surface area (Å²) in [7, 11) is 0. The van der Waals surface area contributed by atoms with Crippen LogP contribution in [0.5, 0.6) is 0 Å². The molecule has 0 N–H and O–H groups in total. The Hall–Kier alpha value is -0.940. The Balaban J connectivity index is 2.35. The number of benzene rings is 1. The Morgan fingerprint density at radius 3 is 2.61 bits per heavy atom. The zero-order chi connectivity index (χ0) is 13.1. The molecule has 0 aliphatic rings. The van der Waals surface area contributed by atoms with Crippen LogP contribution in [0.1, 0.15) is 23.2 Å². The monoisotopic (exact) mass is 334 g/mol. The van der Waals surface area contributed by atoms with E-state index in [1.807, 2.05) is 6.07 Å². The lowest BCUT2D eigenvalue weighted by atomic mass is 10.2. The number of hydrogen-bond acceptors (Lipinski definition) is 1. The fraction of sp³-hybridized carbons (Fsp3) is 0.250. The van der Waals surface area contributed by atoms with E-state index in [2.05, 4.69) is 21.0 Å². The van der Waals surface area contributed by atoms with Gasteiger partial charge in [-0.05, 0) is 11.6 Å². The molecule has 0 spiro atoms. The van der Waals surface area contributed by atoms with Gasteiger partial charge in [-0.25, -0.2) is 8.78 Å². The molecule has 0 aliphatic heterocycles. The van der Waals surface area contributed by atoms with Crippen molar-refractivity contribution in [3.63, 3.8) is 0 Å². The molecule has 96 valence electrons. The summed E-state index contributed by atoms with van der Waals surface area (Å²) >= 11 is 9.19. The van der Waals surface area contributed by atoms with Crippen LogP contribution in [-0.2, 0) is 11.9 Å². The average Bonchev–Trinajstić information content (AvgIpc) is 2.75.